The summed E-state index contributed by atoms with van der Waals surface area (Å²) in [5, 5.41) is 20.9. The van der Waals surface area contributed by atoms with Crippen LogP contribution >= 0.6 is 0 Å². The number of carbonyl (C=O) groups excluding carboxylic acids is 1. The van der Waals surface area contributed by atoms with Crippen molar-refractivity contribution in [3.63, 3.8) is 0 Å². The highest BCUT2D eigenvalue weighted by Gasteiger charge is 2.61. The van der Waals surface area contributed by atoms with E-state index in [1.54, 1.807) is 0 Å². The summed E-state index contributed by atoms with van der Waals surface area (Å²) in [6, 6.07) is 0. The van der Waals surface area contributed by atoms with Crippen LogP contribution in [-0.2, 0) is 9.53 Å². The Kier molecular flexibility index (Phi) is 5.06. The Balaban J connectivity index is 1.62. The number of ether oxygens (including phenoxy) is 1. The van der Waals surface area contributed by atoms with Gasteiger partial charge in [0.25, 0.3) is 0 Å². The van der Waals surface area contributed by atoms with Gasteiger partial charge < -0.3 is 14.9 Å². The molecule has 3 unspecified atom stereocenters. The predicted molar refractivity (Wildman–Crippen MR) is 113 cm³/mol. The van der Waals surface area contributed by atoms with E-state index in [0.29, 0.717) is 28.7 Å². The Morgan fingerprint density at radius 3 is 2.52 bits per heavy atom. The number of hydrogen-bond acceptors (Lipinski definition) is 4. The fourth-order valence-electron chi connectivity index (χ4n) is 8.21. The third-order valence-electron chi connectivity index (χ3n) is 9.52. The lowest BCUT2D eigenvalue weighted by Gasteiger charge is -2.66. The molecule has 3 saturated carbocycles. The number of rotatable bonds is 3. The molecule has 3 aliphatic carbocycles. The minimum atomic E-state index is -1.31. The average molecular weight is 403 g/mol. The van der Waals surface area contributed by atoms with Gasteiger partial charge in [-0.15, -0.1) is 0 Å². The van der Waals surface area contributed by atoms with Crippen molar-refractivity contribution in [1.82, 2.24) is 0 Å². The first-order valence-corrected chi connectivity index (χ1v) is 11.4. The summed E-state index contributed by atoms with van der Waals surface area (Å²) in [7, 11) is 0. The lowest BCUT2D eigenvalue weighted by Crippen LogP contribution is -2.58. The first-order chi connectivity index (χ1) is 13.5. The van der Waals surface area contributed by atoms with E-state index in [9.17, 15) is 15.0 Å². The molecule has 1 heterocycles. The van der Waals surface area contributed by atoms with Gasteiger partial charge >= 0.3 is 5.97 Å². The van der Waals surface area contributed by atoms with Crippen molar-refractivity contribution < 1.29 is 19.7 Å². The maximum Gasteiger partial charge on any atom is 0.333 e. The van der Waals surface area contributed by atoms with E-state index in [1.807, 2.05) is 0 Å². The number of aliphatic hydroxyl groups is 2. The normalized spacial score (nSPS) is 45.1. The zero-order valence-corrected chi connectivity index (χ0v) is 18.5. The molecule has 0 radical (unpaired) electrons. The number of fused-ring (bicyclic) bond motifs is 3. The molecule has 0 bridgehead atoms. The van der Waals surface area contributed by atoms with E-state index >= 15 is 0 Å². The molecule has 2 N–H and O–H groups in total. The molecule has 4 nitrogen and oxygen atoms in total. The second kappa shape index (κ2) is 6.95. The molecule has 29 heavy (non-hydrogen) atoms. The molecule has 4 aliphatic rings. The lowest BCUT2D eigenvalue weighted by molar-refractivity contribution is -0.158. The van der Waals surface area contributed by atoms with Gasteiger partial charge in [0.15, 0.2) is 0 Å². The standard InChI is InChI=1S/C25H38O4/c1-15-7-8-20-24(4,12-9-19-23(2,3)10-6-11-25(19,20)5)17(15)14-18(26)16-13-21(27)29-22(16)28/h13,17-20,22,26,28H,1,6-12,14H2,2-5H3/t17-,18?,19?,20+,22?,24+,25+/m1/s1. The van der Waals surface area contributed by atoms with Crippen LogP contribution in [0.4, 0.5) is 0 Å². The first-order valence-electron chi connectivity index (χ1n) is 11.4. The van der Waals surface area contributed by atoms with Gasteiger partial charge in [-0.2, -0.15) is 0 Å². The van der Waals surface area contributed by atoms with Crippen LogP contribution in [-0.4, -0.2) is 28.6 Å². The summed E-state index contributed by atoms with van der Waals surface area (Å²) in [5.74, 6) is 0.999. The van der Waals surface area contributed by atoms with Crippen molar-refractivity contribution in [1.29, 1.82) is 0 Å². The van der Waals surface area contributed by atoms with Crippen molar-refractivity contribution in [2.45, 2.75) is 91.5 Å². The summed E-state index contributed by atoms with van der Waals surface area (Å²) in [4.78, 5) is 11.5. The van der Waals surface area contributed by atoms with Gasteiger partial charge in [-0.05, 0) is 78.9 Å². The Morgan fingerprint density at radius 2 is 1.86 bits per heavy atom. The molecule has 0 amide bonds. The highest BCUT2D eigenvalue weighted by molar-refractivity contribution is 5.85. The molecular formula is C25H38O4. The van der Waals surface area contributed by atoms with Crippen LogP contribution in [0.2, 0.25) is 0 Å². The first kappa shape index (κ1) is 21.1. The Bertz CT molecular complexity index is 737. The Morgan fingerprint density at radius 1 is 1.14 bits per heavy atom. The van der Waals surface area contributed by atoms with Crippen molar-refractivity contribution >= 4 is 5.97 Å². The van der Waals surface area contributed by atoms with Gasteiger partial charge in [0.05, 0.1) is 6.10 Å². The predicted octanol–water partition coefficient (Wildman–Crippen LogP) is 4.75. The van der Waals surface area contributed by atoms with Gasteiger partial charge in [-0.3, -0.25) is 0 Å². The fraction of sp³-hybridized carbons (Fsp3) is 0.800. The topological polar surface area (TPSA) is 66.8 Å². The maximum absolute atomic E-state index is 11.5. The number of aliphatic hydroxyl groups excluding tert-OH is 2. The number of allylic oxidation sites excluding steroid dienone is 1. The van der Waals surface area contributed by atoms with Crippen LogP contribution in [0.5, 0.6) is 0 Å². The molecular weight excluding hydrogens is 364 g/mol. The second-order valence-corrected chi connectivity index (χ2v) is 11.4. The summed E-state index contributed by atoms with van der Waals surface area (Å²) < 4.78 is 4.79. The molecule has 4 heteroatoms. The molecule has 0 aromatic carbocycles. The van der Waals surface area contributed by atoms with Crippen molar-refractivity contribution in [2.24, 2.45) is 34.0 Å². The number of cyclic esters (lactones) is 1. The minimum absolute atomic E-state index is 0.101. The smallest absolute Gasteiger partial charge is 0.333 e. The monoisotopic (exact) mass is 402 g/mol. The summed E-state index contributed by atoms with van der Waals surface area (Å²) in [5.41, 5.74) is 2.36. The van der Waals surface area contributed by atoms with Gasteiger partial charge in [0, 0.05) is 11.6 Å². The molecule has 3 fully saturated rings. The molecule has 4 rings (SSSR count). The summed E-state index contributed by atoms with van der Waals surface area (Å²) >= 11 is 0. The SMILES string of the molecule is C=C1CC[C@H]2[C@@](C)(CCC3C(C)(C)CCC[C@@]32C)[C@@H]1CC(O)C1=CC(=O)OC1O. The average Bonchev–Trinajstić information content (AvgIpc) is 2.95. The molecule has 0 aromatic rings. The van der Waals surface area contributed by atoms with Gasteiger partial charge in [0.2, 0.25) is 6.29 Å². The van der Waals surface area contributed by atoms with E-state index in [1.165, 1.54) is 43.8 Å². The van der Waals surface area contributed by atoms with Gasteiger partial charge in [0.1, 0.15) is 0 Å². The number of carbonyl (C=O) groups is 1. The van der Waals surface area contributed by atoms with E-state index in [4.69, 9.17) is 4.74 Å². The maximum atomic E-state index is 11.5. The van der Waals surface area contributed by atoms with Gasteiger partial charge in [-0.1, -0.05) is 46.3 Å². The van der Waals surface area contributed by atoms with Crippen LogP contribution in [0, 0.1) is 34.0 Å². The summed E-state index contributed by atoms with van der Waals surface area (Å²) in [6.45, 7) is 14.3. The molecule has 162 valence electrons. The zero-order chi connectivity index (χ0) is 21.2. The quantitative estimate of drug-likeness (QED) is 0.528. The molecule has 0 aromatic heterocycles. The van der Waals surface area contributed by atoms with Crippen LogP contribution in [0.25, 0.3) is 0 Å². The van der Waals surface area contributed by atoms with Crippen LogP contribution in [0.3, 0.4) is 0 Å². The third-order valence-corrected chi connectivity index (χ3v) is 9.52. The molecule has 7 atom stereocenters. The third kappa shape index (κ3) is 3.22. The lowest BCUT2D eigenvalue weighted by atomic mass is 9.39. The van der Waals surface area contributed by atoms with Crippen molar-refractivity contribution in [3.8, 4) is 0 Å². The van der Waals surface area contributed by atoms with Gasteiger partial charge in [-0.25, -0.2) is 4.79 Å². The van der Waals surface area contributed by atoms with Crippen LogP contribution in [0.15, 0.2) is 23.8 Å². The Labute approximate surface area is 175 Å². The van der Waals surface area contributed by atoms with Crippen LogP contribution < -0.4 is 0 Å². The molecule has 0 saturated heterocycles. The highest BCUT2D eigenvalue weighted by atomic mass is 16.6. The fourth-order valence-corrected chi connectivity index (χ4v) is 8.21. The van der Waals surface area contributed by atoms with E-state index in [-0.39, 0.29) is 11.3 Å². The number of esters is 1. The molecule has 0 spiro atoms. The number of hydrogen-bond donors (Lipinski definition) is 2. The largest absolute Gasteiger partial charge is 0.429 e. The van der Waals surface area contributed by atoms with Crippen LogP contribution in [0.1, 0.15) is 79.1 Å². The van der Waals surface area contributed by atoms with Crippen molar-refractivity contribution in [2.75, 3.05) is 0 Å². The Hall–Kier alpha value is -1.13. The highest BCUT2D eigenvalue weighted by Crippen LogP contribution is 2.69. The van der Waals surface area contributed by atoms with E-state index in [2.05, 4.69) is 34.3 Å². The zero-order valence-electron chi connectivity index (χ0n) is 18.5. The van der Waals surface area contributed by atoms with Crippen molar-refractivity contribution in [3.05, 3.63) is 23.8 Å². The second-order valence-electron chi connectivity index (χ2n) is 11.4. The molecule has 1 aliphatic heterocycles. The van der Waals surface area contributed by atoms with E-state index in [0.717, 1.165) is 18.8 Å². The minimum Gasteiger partial charge on any atom is -0.429 e. The van der Waals surface area contributed by atoms with E-state index < -0.39 is 18.4 Å². The summed E-state index contributed by atoms with van der Waals surface area (Å²) in [6.07, 6.45) is 8.11.